The van der Waals surface area contributed by atoms with Crippen LogP contribution in [0.1, 0.15) is 17.2 Å². The number of aliphatic hydroxyl groups is 1. The Morgan fingerprint density at radius 1 is 1.53 bits per heavy atom. The van der Waals surface area contributed by atoms with Gasteiger partial charge in [0.1, 0.15) is 5.75 Å². The first-order valence-electron chi connectivity index (χ1n) is 4.08. The van der Waals surface area contributed by atoms with Gasteiger partial charge in [0, 0.05) is 0 Å². The summed E-state index contributed by atoms with van der Waals surface area (Å²) in [7, 11) is 1.40. The molecule has 0 fully saturated rings. The van der Waals surface area contributed by atoms with Crippen molar-refractivity contribution in [3.8, 4) is 11.8 Å². The van der Waals surface area contributed by atoms with Crippen LogP contribution < -0.4 is 4.74 Å². The maximum Gasteiger partial charge on any atom is 0.337 e. The maximum absolute atomic E-state index is 10.5. The number of carboxylic acid groups (broad SMARTS) is 1. The lowest BCUT2D eigenvalue weighted by molar-refractivity contribution is -0.146. The quantitative estimate of drug-likeness (QED) is 0.760. The van der Waals surface area contributed by atoms with Crippen molar-refractivity contribution >= 4 is 5.97 Å². The summed E-state index contributed by atoms with van der Waals surface area (Å²) in [5.41, 5.74) is 0.364. The van der Waals surface area contributed by atoms with E-state index < -0.39 is 12.1 Å². The van der Waals surface area contributed by atoms with Crippen molar-refractivity contribution in [2.75, 3.05) is 7.11 Å². The van der Waals surface area contributed by atoms with E-state index in [4.69, 9.17) is 15.1 Å². The van der Waals surface area contributed by atoms with Crippen molar-refractivity contribution in [2.24, 2.45) is 0 Å². The number of ether oxygens (including phenoxy) is 1. The van der Waals surface area contributed by atoms with Crippen molar-refractivity contribution in [1.29, 1.82) is 5.26 Å². The largest absolute Gasteiger partial charge is 0.497 e. The standard InChI is InChI=1S/C10H9NO4/c1-15-8-3-6(5-11)2-7(4-8)9(12)10(13)14/h2-4,9,12H,1H3,(H,13,14). The Labute approximate surface area is 86.1 Å². The zero-order chi connectivity index (χ0) is 11.4. The summed E-state index contributed by atoms with van der Waals surface area (Å²) >= 11 is 0. The summed E-state index contributed by atoms with van der Waals surface area (Å²) < 4.78 is 4.87. The molecule has 0 aliphatic heterocycles. The molecule has 1 rings (SSSR count). The predicted molar refractivity (Wildman–Crippen MR) is 50.3 cm³/mol. The molecule has 0 saturated carbocycles. The third-order valence-electron chi connectivity index (χ3n) is 1.84. The molecule has 0 heterocycles. The number of nitrogens with zero attached hydrogens (tertiary/aromatic N) is 1. The van der Waals surface area contributed by atoms with Crippen LogP contribution >= 0.6 is 0 Å². The number of benzene rings is 1. The minimum absolute atomic E-state index is 0.124. The fourth-order valence-electron chi connectivity index (χ4n) is 1.10. The molecule has 1 atom stereocenters. The molecule has 0 aliphatic rings. The van der Waals surface area contributed by atoms with Crippen molar-refractivity contribution in [3.63, 3.8) is 0 Å². The number of hydrogen-bond donors (Lipinski definition) is 2. The fourth-order valence-corrected chi connectivity index (χ4v) is 1.10. The molecular formula is C10H9NO4. The van der Waals surface area contributed by atoms with Gasteiger partial charge in [0.25, 0.3) is 0 Å². The second-order valence-electron chi connectivity index (χ2n) is 2.85. The highest BCUT2D eigenvalue weighted by atomic mass is 16.5. The van der Waals surface area contributed by atoms with Crippen molar-refractivity contribution < 1.29 is 19.7 Å². The first-order chi connectivity index (χ1) is 7.08. The Morgan fingerprint density at radius 2 is 2.20 bits per heavy atom. The topological polar surface area (TPSA) is 90.5 Å². The van der Waals surface area contributed by atoms with Crippen LogP contribution in [0.5, 0.6) is 5.75 Å². The Kier molecular flexibility index (Phi) is 3.26. The lowest BCUT2D eigenvalue weighted by Gasteiger charge is -2.08. The number of aliphatic hydroxyl groups excluding tert-OH is 1. The van der Waals surface area contributed by atoms with Crippen LogP contribution in [0.2, 0.25) is 0 Å². The van der Waals surface area contributed by atoms with Gasteiger partial charge in [-0.15, -0.1) is 0 Å². The van der Waals surface area contributed by atoms with Crippen molar-refractivity contribution in [1.82, 2.24) is 0 Å². The number of rotatable bonds is 3. The van der Waals surface area contributed by atoms with Gasteiger partial charge >= 0.3 is 5.97 Å². The third-order valence-corrected chi connectivity index (χ3v) is 1.84. The van der Waals surface area contributed by atoms with E-state index >= 15 is 0 Å². The second kappa shape index (κ2) is 4.44. The number of nitriles is 1. The third kappa shape index (κ3) is 2.45. The van der Waals surface area contributed by atoms with E-state index in [0.29, 0.717) is 5.75 Å². The fraction of sp³-hybridized carbons (Fsp3) is 0.200. The van der Waals surface area contributed by atoms with Crippen molar-refractivity contribution in [2.45, 2.75) is 6.10 Å². The smallest absolute Gasteiger partial charge is 0.337 e. The van der Waals surface area contributed by atoms with Gasteiger partial charge in [-0.3, -0.25) is 0 Å². The Morgan fingerprint density at radius 3 is 2.67 bits per heavy atom. The van der Waals surface area contributed by atoms with Crippen LogP contribution in [0.15, 0.2) is 18.2 Å². The Hall–Kier alpha value is -2.06. The highest BCUT2D eigenvalue weighted by Crippen LogP contribution is 2.21. The van der Waals surface area contributed by atoms with Crippen molar-refractivity contribution in [3.05, 3.63) is 29.3 Å². The number of methoxy groups -OCH3 is 1. The lowest BCUT2D eigenvalue weighted by atomic mass is 10.1. The number of aliphatic carboxylic acids is 1. The highest BCUT2D eigenvalue weighted by Gasteiger charge is 2.17. The van der Waals surface area contributed by atoms with E-state index in [-0.39, 0.29) is 11.1 Å². The van der Waals surface area contributed by atoms with Gasteiger partial charge in [0.05, 0.1) is 18.7 Å². The van der Waals surface area contributed by atoms with Gasteiger partial charge in [-0.25, -0.2) is 4.79 Å². The minimum Gasteiger partial charge on any atom is -0.497 e. The van der Waals surface area contributed by atoms with E-state index in [2.05, 4.69) is 0 Å². The molecule has 1 aromatic rings. The summed E-state index contributed by atoms with van der Waals surface area (Å²) in [6.45, 7) is 0. The van der Waals surface area contributed by atoms with E-state index in [1.54, 1.807) is 0 Å². The van der Waals surface area contributed by atoms with Crippen LogP contribution in [0.25, 0.3) is 0 Å². The molecule has 1 aromatic carbocycles. The van der Waals surface area contributed by atoms with Gasteiger partial charge in [-0.05, 0) is 23.8 Å². The summed E-state index contributed by atoms with van der Waals surface area (Å²) in [6, 6.07) is 5.99. The molecule has 0 radical (unpaired) electrons. The maximum atomic E-state index is 10.5. The molecule has 0 spiro atoms. The molecule has 78 valence electrons. The van der Waals surface area contributed by atoms with E-state index in [1.165, 1.54) is 25.3 Å². The predicted octanol–water partition coefficient (Wildman–Crippen LogP) is 0.685. The van der Waals surface area contributed by atoms with E-state index in [9.17, 15) is 9.90 Å². The zero-order valence-corrected chi connectivity index (χ0v) is 7.97. The Bertz CT molecular complexity index is 422. The number of carbonyl (C=O) groups is 1. The second-order valence-corrected chi connectivity index (χ2v) is 2.85. The molecule has 0 aliphatic carbocycles. The Balaban J connectivity index is 3.19. The molecule has 1 unspecified atom stereocenters. The first kappa shape index (κ1) is 11.0. The highest BCUT2D eigenvalue weighted by molar-refractivity contribution is 5.74. The molecular weight excluding hydrogens is 198 g/mol. The summed E-state index contributed by atoms with van der Waals surface area (Å²) in [5.74, 6) is -1.03. The molecule has 0 aromatic heterocycles. The van der Waals surface area contributed by atoms with Gasteiger partial charge in [0.2, 0.25) is 0 Å². The summed E-state index contributed by atoms with van der Waals surface area (Å²) in [4.78, 5) is 10.5. The molecule has 15 heavy (non-hydrogen) atoms. The molecule has 0 amide bonds. The van der Waals surface area contributed by atoms with Gasteiger partial charge < -0.3 is 14.9 Å². The van der Waals surface area contributed by atoms with Crippen LogP contribution in [0, 0.1) is 11.3 Å². The molecule has 0 bridgehead atoms. The van der Waals surface area contributed by atoms with Crippen LogP contribution in [-0.2, 0) is 4.79 Å². The van der Waals surface area contributed by atoms with E-state index in [0.717, 1.165) is 0 Å². The van der Waals surface area contributed by atoms with Crippen LogP contribution in [-0.4, -0.2) is 23.3 Å². The van der Waals surface area contributed by atoms with Gasteiger partial charge in [-0.2, -0.15) is 5.26 Å². The average Bonchev–Trinajstić information content (AvgIpc) is 2.27. The van der Waals surface area contributed by atoms with Gasteiger partial charge in [-0.1, -0.05) is 0 Å². The normalized spacial score (nSPS) is 11.5. The monoisotopic (exact) mass is 207 g/mol. The number of hydrogen-bond acceptors (Lipinski definition) is 4. The molecule has 0 saturated heterocycles. The molecule has 5 heteroatoms. The minimum atomic E-state index is -1.65. The van der Waals surface area contributed by atoms with Gasteiger partial charge in [0.15, 0.2) is 6.10 Å². The SMILES string of the molecule is COc1cc(C#N)cc(C(O)C(=O)O)c1. The van der Waals surface area contributed by atoms with Crippen LogP contribution in [0.3, 0.4) is 0 Å². The van der Waals surface area contributed by atoms with E-state index in [1.807, 2.05) is 6.07 Å². The number of carboxylic acids is 1. The summed E-state index contributed by atoms with van der Waals surface area (Å²) in [6.07, 6.45) is -1.65. The zero-order valence-electron chi connectivity index (χ0n) is 7.97. The molecule has 2 N–H and O–H groups in total. The molecule has 5 nitrogen and oxygen atoms in total. The first-order valence-corrected chi connectivity index (χ1v) is 4.08. The summed E-state index contributed by atoms with van der Waals surface area (Å²) in [5, 5.41) is 26.5. The lowest BCUT2D eigenvalue weighted by Crippen LogP contribution is -2.10. The van der Waals surface area contributed by atoms with Crippen LogP contribution in [0.4, 0.5) is 0 Å². The average molecular weight is 207 g/mol.